The first-order chi connectivity index (χ1) is 23.4. The smallest absolute Gasteiger partial charge is 0.278 e. The number of carbonyl (C=O) groups excluding carboxylic acids is 1. The molecule has 2 N–H and O–H groups in total. The Balaban J connectivity index is 1.29. The Labute approximate surface area is 278 Å². The topological polar surface area (TPSA) is 115 Å². The third-order valence-corrected chi connectivity index (χ3v) is 8.01. The number of carbonyl (C=O) groups is 1. The number of halogens is 1. The summed E-state index contributed by atoms with van der Waals surface area (Å²) in [5.74, 6) is 0.817. The molecule has 0 saturated carbocycles. The summed E-state index contributed by atoms with van der Waals surface area (Å²) in [6, 6.07) is 28.0. The van der Waals surface area contributed by atoms with Gasteiger partial charge in [0.05, 0.1) is 33.7 Å². The van der Waals surface area contributed by atoms with Gasteiger partial charge in [0.15, 0.2) is 11.5 Å². The van der Waals surface area contributed by atoms with Crippen LogP contribution in [0.5, 0.6) is 17.2 Å². The molecule has 0 saturated heterocycles. The van der Waals surface area contributed by atoms with E-state index in [0.29, 0.717) is 53.6 Å². The first kappa shape index (κ1) is 32.1. The lowest BCUT2D eigenvalue weighted by atomic mass is 10.1. The Morgan fingerprint density at radius 3 is 2.02 bits per heavy atom. The van der Waals surface area contributed by atoms with Gasteiger partial charge in [0.2, 0.25) is 5.75 Å². The number of nitrogens with zero attached hydrogens (tertiary/aromatic N) is 5. The third kappa shape index (κ3) is 6.96. The summed E-state index contributed by atoms with van der Waals surface area (Å²) >= 11 is 0. The molecule has 2 heterocycles. The van der Waals surface area contributed by atoms with Crippen LogP contribution < -0.4 is 24.8 Å². The van der Waals surface area contributed by atoms with Crippen LogP contribution in [0.2, 0.25) is 0 Å². The predicted octanol–water partition coefficient (Wildman–Crippen LogP) is 5.94. The molecule has 1 aliphatic heterocycles. The lowest BCUT2D eigenvalue weighted by Gasteiger charge is -2.28. The molecule has 0 atom stereocenters. The largest absolute Gasteiger partial charge is 0.493 e. The number of hydrogen-bond acceptors (Lipinski definition) is 9. The molecule has 6 rings (SSSR count). The molecule has 11 heteroatoms. The first-order valence-electron chi connectivity index (χ1n) is 15.3. The van der Waals surface area contributed by atoms with Crippen LogP contribution in [0.1, 0.15) is 27.8 Å². The van der Waals surface area contributed by atoms with Crippen LogP contribution in [0.25, 0.3) is 0 Å². The molecule has 244 valence electrons. The van der Waals surface area contributed by atoms with Crippen LogP contribution in [0.15, 0.2) is 102 Å². The highest BCUT2D eigenvalue weighted by Crippen LogP contribution is 2.39. The Bertz CT molecular complexity index is 1890. The molecule has 1 aromatic heterocycles. The molecule has 1 amide bonds. The molecule has 0 radical (unpaired) electrons. The summed E-state index contributed by atoms with van der Waals surface area (Å²) in [7, 11) is 4.64. The summed E-state index contributed by atoms with van der Waals surface area (Å²) in [5.41, 5.74) is 11.0. The number of rotatable bonds is 12. The lowest BCUT2D eigenvalue weighted by Crippen LogP contribution is -2.40. The van der Waals surface area contributed by atoms with E-state index in [1.165, 1.54) is 12.1 Å². The number of hydrogen-bond donors (Lipinski definition) is 1. The number of aliphatic imine (C=N–C) groups is 1. The van der Waals surface area contributed by atoms with Crippen molar-refractivity contribution < 1.29 is 23.4 Å². The fourth-order valence-electron chi connectivity index (χ4n) is 5.73. The number of nitrogens with two attached hydrogens (primary N) is 1. The van der Waals surface area contributed by atoms with E-state index < -0.39 is 5.82 Å². The number of aromatic nitrogens is 2. The molecule has 5 aromatic rings. The van der Waals surface area contributed by atoms with E-state index in [0.717, 1.165) is 16.7 Å². The highest BCUT2D eigenvalue weighted by molar-refractivity contribution is 6.54. The highest BCUT2D eigenvalue weighted by Gasteiger charge is 2.36. The van der Waals surface area contributed by atoms with Crippen molar-refractivity contribution in [1.82, 2.24) is 14.9 Å². The van der Waals surface area contributed by atoms with Crippen molar-refractivity contribution in [1.29, 1.82) is 0 Å². The first-order valence-corrected chi connectivity index (χ1v) is 15.3. The van der Waals surface area contributed by atoms with Gasteiger partial charge in [0.1, 0.15) is 17.3 Å². The molecule has 1 aliphatic rings. The van der Waals surface area contributed by atoms with Crippen LogP contribution in [-0.4, -0.2) is 54.5 Å². The molecule has 10 nitrogen and oxygen atoms in total. The monoisotopic (exact) mass is 646 g/mol. The summed E-state index contributed by atoms with van der Waals surface area (Å²) in [4.78, 5) is 31.1. The van der Waals surface area contributed by atoms with E-state index in [9.17, 15) is 9.18 Å². The third-order valence-electron chi connectivity index (χ3n) is 8.01. The van der Waals surface area contributed by atoms with E-state index in [2.05, 4.69) is 19.9 Å². The molecule has 0 unspecified atom stereocenters. The fourth-order valence-corrected chi connectivity index (χ4v) is 5.73. The average molecular weight is 647 g/mol. The zero-order valence-electron chi connectivity index (χ0n) is 26.9. The maximum absolute atomic E-state index is 14.6. The number of nitrogen functional groups attached to an aromatic ring is 1. The maximum Gasteiger partial charge on any atom is 0.278 e. The number of benzene rings is 4. The second-order valence-corrected chi connectivity index (χ2v) is 11.2. The van der Waals surface area contributed by atoms with Gasteiger partial charge in [-0.15, -0.1) is 0 Å². The minimum absolute atomic E-state index is 0.00743. The van der Waals surface area contributed by atoms with Crippen molar-refractivity contribution in [3.63, 3.8) is 0 Å². The van der Waals surface area contributed by atoms with Gasteiger partial charge in [-0.3, -0.25) is 14.6 Å². The van der Waals surface area contributed by atoms with Crippen LogP contribution in [0, 0.1) is 5.82 Å². The SMILES string of the molecule is COc1cc(Cc2cnc(/N=C3\C(=O)N(CN(Cc4ccccc4)Cc4ccccc4)c4ccc(F)cc43)nc2N)cc(OC)c1OC. The molecule has 0 fully saturated rings. The quantitative estimate of drug-likeness (QED) is 0.177. The van der Waals surface area contributed by atoms with Crippen LogP contribution in [-0.2, 0) is 24.3 Å². The van der Waals surface area contributed by atoms with Crippen molar-refractivity contribution in [3.8, 4) is 17.2 Å². The van der Waals surface area contributed by atoms with Gasteiger partial charge in [-0.25, -0.2) is 14.4 Å². The van der Waals surface area contributed by atoms with Crippen molar-refractivity contribution in [2.45, 2.75) is 19.5 Å². The fraction of sp³-hybridized carbons (Fsp3) is 0.189. The van der Waals surface area contributed by atoms with Crippen LogP contribution >= 0.6 is 0 Å². The number of methoxy groups -OCH3 is 3. The van der Waals surface area contributed by atoms with Crippen molar-refractivity contribution in [2.24, 2.45) is 4.99 Å². The van der Waals surface area contributed by atoms with E-state index in [-0.39, 0.29) is 30.1 Å². The summed E-state index contributed by atoms with van der Waals surface area (Å²) in [6.45, 7) is 1.43. The van der Waals surface area contributed by atoms with Gasteiger partial charge in [0.25, 0.3) is 11.9 Å². The average Bonchev–Trinajstić information content (AvgIpc) is 3.34. The highest BCUT2D eigenvalue weighted by atomic mass is 19.1. The molecule has 4 aromatic carbocycles. The zero-order valence-corrected chi connectivity index (χ0v) is 26.9. The molecular formula is C37H35FN6O4. The second-order valence-electron chi connectivity index (χ2n) is 11.2. The molecule has 0 aliphatic carbocycles. The number of fused-ring (bicyclic) bond motifs is 1. The molecule has 0 spiro atoms. The molecule has 48 heavy (non-hydrogen) atoms. The lowest BCUT2D eigenvalue weighted by molar-refractivity contribution is -0.112. The minimum atomic E-state index is -0.484. The van der Waals surface area contributed by atoms with Crippen LogP contribution in [0.3, 0.4) is 0 Å². The van der Waals surface area contributed by atoms with Gasteiger partial charge in [0, 0.05) is 36.8 Å². The zero-order chi connectivity index (χ0) is 33.6. The second kappa shape index (κ2) is 14.3. The van der Waals surface area contributed by atoms with Crippen molar-refractivity contribution in [2.75, 3.05) is 38.6 Å². The summed E-state index contributed by atoms with van der Waals surface area (Å²) in [6.07, 6.45) is 1.94. The van der Waals surface area contributed by atoms with E-state index in [1.54, 1.807) is 38.5 Å². The van der Waals surface area contributed by atoms with E-state index in [4.69, 9.17) is 19.9 Å². The maximum atomic E-state index is 14.6. The number of amides is 1. The van der Waals surface area contributed by atoms with Crippen molar-refractivity contribution >= 4 is 29.1 Å². The Morgan fingerprint density at radius 2 is 1.46 bits per heavy atom. The normalized spacial score (nSPS) is 13.2. The standard InChI is InChI=1S/C37H35FN6O4/c1-46-31-17-26(18-32(47-2)34(31)48-3)16-27-20-40-37(42-35(27)39)41-33-29-19-28(38)14-15-30(29)44(36(33)45)23-43(21-24-10-6-4-7-11-24)22-25-12-8-5-9-13-25/h4-15,17-20H,16,21-23H2,1-3H3,(H2,39,40,42)/b41-33-. The van der Waals surface area contributed by atoms with Gasteiger partial charge >= 0.3 is 0 Å². The van der Waals surface area contributed by atoms with Crippen molar-refractivity contribution in [3.05, 3.63) is 131 Å². The van der Waals surface area contributed by atoms with Gasteiger partial charge < -0.3 is 19.9 Å². The Hall–Kier alpha value is -5.81. The Kier molecular flexibility index (Phi) is 9.58. The number of ether oxygens (including phenoxy) is 3. The minimum Gasteiger partial charge on any atom is -0.493 e. The van der Waals surface area contributed by atoms with Gasteiger partial charge in [-0.05, 0) is 47.0 Å². The van der Waals surface area contributed by atoms with Gasteiger partial charge in [-0.1, -0.05) is 60.7 Å². The van der Waals surface area contributed by atoms with E-state index in [1.807, 2.05) is 72.8 Å². The predicted molar refractivity (Wildman–Crippen MR) is 182 cm³/mol. The van der Waals surface area contributed by atoms with Gasteiger partial charge in [-0.2, -0.15) is 4.98 Å². The van der Waals surface area contributed by atoms with Crippen LogP contribution in [0.4, 0.5) is 21.8 Å². The number of anilines is 2. The Morgan fingerprint density at radius 1 is 0.833 bits per heavy atom. The summed E-state index contributed by atoms with van der Waals surface area (Å²) < 4.78 is 30.9. The summed E-state index contributed by atoms with van der Waals surface area (Å²) in [5, 5.41) is 0. The molecule has 0 bridgehead atoms. The molecular weight excluding hydrogens is 611 g/mol. The van der Waals surface area contributed by atoms with E-state index >= 15 is 0 Å².